The third kappa shape index (κ3) is 4.68. The van der Waals surface area contributed by atoms with Crippen LogP contribution >= 0.6 is 0 Å². The Balaban J connectivity index is 1.43. The Kier molecular flexibility index (Phi) is 6.16. The molecular weight excluding hydrogens is 388 g/mol. The van der Waals surface area contributed by atoms with Crippen LogP contribution in [0, 0.1) is 19.8 Å². The summed E-state index contributed by atoms with van der Waals surface area (Å²) in [5.41, 5.74) is 4.90. The topological polar surface area (TPSA) is 67.3 Å². The Labute approximate surface area is 183 Å². The van der Waals surface area contributed by atoms with Gasteiger partial charge in [0.2, 0.25) is 5.91 Å². The van der Waals surface area contributed by atoms with Gasteiger partial charge in [0.05, 0.1) is 18.7 Å². The van der Waals surface area contributed by atoms with Gasteiger partial charge in [-0.25, -0.2) is 0 Å². The normalized spacial score (nSPS) is 16.1. The van der Waals surface area contributed by atoms with Gasteiger partial charge in [0, 0.05) is 24.3 Å². The first kappa shape index (κ1) is 20.8. The van der Waals surface area contributed by atoms with E-state index in [0.29, 0.717) is 6.54 Å². The van der Waals surface area contributed by atoms with Crippen molar-refractivity contribution in [1.29, 1.82) is 0 Å². The average Bonchev–Trinajstić information content (AvgIpc) is 2.82. The number of hydrogen-bond acceptors (Lipinski definition) is 5. The molecular formula is C25H28N4O2. The molecule has 1 unspecified atom stereocenters. The SMILES string of the molecule is COc1ccc(-c2ccc(N3CCCC(C(=O)Nc4c(C)cccc4C)C3)nn2)cc1. The summed E-state index contributed by atoms with van der Waals surface area (Å²) in [5.74, 6) is 1.62. The molecule has 1 amide bonds. The summed E-state index contributed by atoms with van der Waals surface area (Å²) in [7, 11) is 1.65. The Morgan fingerprint density at radius 1 is 1.03 bits per heavy atom. The highest BCUT2D eigenvalue weighted by molar-refractivity contribution is 5.94. The molecule has 1 N–H and O–H groups in total. The van der Waals surface area contributed by atoms with Gasteiger partial charge in [-0.05, 0) is 74.2 Å². The molecule has 160 valence electrons. The van der Waals surface area contributed by atoms with E-state index in [9.17, 15) is 4.79 Å². The highest BCUT2D eigenvalue weighted by atomic mass is 16.5. The number of nitrogens with zero attached hydrogens (tertiary/aromatic N) is 3. The average molecular weight is 417 g/mol. The number of nitrogens with one attached hydrogen (secondary N) is 1. The van der Waals surface area contributed by atoms with E-state index in [4.69, 9.17) is 4.74 Å². The minimum atomic E-state index is -0.0733. The quantitative estimate of drug-likeness (QED) is 0.657. The van der Waals surface area contributed by atoms with E-state index in [-0.39, 0.29) is 11.8 Å². The van der Waals surface area contributed by atoms with Crippen molar-refractivity contribution in [2.45, 2.75) is 26.7 Å². The van der Waals surface area contributed by atoms with Crippen LogP contribution in [-0.4, -0.2) is 36.3 Å². The van der Waals surface area contributed by atoms with E-state index in [1.54, 1.807) is 7.11 Å². The number of aromatic nitrogens is 2. The molecule has 0 spiro atoms. The zero-order chi connectivity index (χ0) is 21.8. The number of rotatable bonds is 5. The molecule has 3 aromatic rings. The predicted octanol–water partition coefficient (Wildman–Crippen LogP) is 4.62. The number of benzene rings is 2. The van der Waals surface area contributed by atoms with E-state index in [2.05, 4.69) is 20.4 Å². The van der Waals surface area contributed by atoms with Gasteiger partial charge in [0.25, 0.3) is 0 Å². The van der Waals surface area contributed by atoms with Crippen LogP contribution in [-0.2, 0) is 4.79 Å². The number of ether oxygens (including phenoxy) is 1. The second-order valence-corrected chi connectivity index (χ2v) is 8.05. The maximum Gasteiger partial charge on any atom is 0.229 e. The second-order valence-electron chi connectivity index (χ2n) is 8.05. The maximum atomic E-state index is 13.0. The molecule has 1 fully saturated rings. The first-order valence-corrected chi connectivity index (χ1v) is 10.7. The summed E-state index contributed by atoms with van der Waals surface area (Å²) in [5, 5.41) is 12.0. The van der Waals surface area contributed by atoms with Gasteiger partial charge in [0.1, 0.15) is 5.75 Å². The third-order valence-electron chi connectivity index (χ3n) is 5.88. The molecule has 6 nitrogen and oxygen atoms in total. The Bertz CT molecular complexity index is 1030. The minimum Gasteiger partial charge on any atom is -0.497 e. The number of amides is 1. The summed E-state index contributed by atoms with van der Waals surface area (Å²) in [6.45, 7) is 5.57. The lowest BCUT2D eigenvalue weighted by Crippen LogP contribution is -2.41. The van der Waals surface area contributed by atoms with Crippen molar-refractivity contribution >= 4 is 17.4 Å². The molecule has 2 heterocycles. The zero-order valence-electron chi connectivity index (χ0n) is 18.3. The van der Waals surface area contributed by atoms with Crippen molar-refractivity contribution in [1.82, 2.24) is 10.2 Å². The lowest BCUT2D eigenvalue weighted by Gasteiger charge is -2.32. The highest BCUT2D eigenvalue weighted by Gasteiger charge is 2.27. The molecule has 0 bridgehead atoms. The fraction of sp³-hybridized carbons (Fsp3) is 0.320. The van der Waals surface area contributed by atoms with E-state index < -0.39 is 0 Å². The van der Waals surface area contributed by atoms with Crippen molar-refractivity contribution in [3.8, 4) is 17.0 Å². The lowest BCUT2D eigenvalue weighted by molar-refractivity contribution is -0.120. The van der Waals surface area contributed by atoms with E-state index >= 15 is 0 Å². The number of carbonyl (C=O) groups is 1. The molecule has 1 aliphatic rings. The summed E-state index contributed by atoms with van der Waals surface area (Å²) < 4.78 is 5.21. The van der Waals surface area contributed by atoms with Gasteiger partial charge < -0.3 is 15.0 Å². The zero-order valence-corrected chi connectivity index (χ0v) is 18.3. The number of hydrogen-bond donors (Lipinski definition) is 1. The van der Waals surface area contributed by atoms with Crippen molar-refractivity contribution < 1.29 is 9.53 Å². The summed E-state index contributed by atoms with van der Waals surface area (Å²) in [6, 6.07) is 17.8. The number of para-hydroxylation sites is 1. The Morgan fingerprint density at radius 3 is 2.42 bits per heavy atom. The van der Waals surface area contributed by atoms with Crippen molar-refractivity contribution in [3.05, 3.63) is 65.7 Å². The van der Waals surface area contributed by atoms with Gasteiger partial charge in [-0.2, -0.15) is 0 Å². The fourth-order valence-corrected chi connectivity index (χ4v) is 4.05. The number of methoxy groups -OCH3 is 1. The van der Waals surface area contributed by atoms with Crippen LogP contribution in [0.1, 0.15) is 24.0 Å². The molecule has 6 heteroatoms. The number of anilines is 2. The largest absolute Gasteiger partial charge is 0.497 e. The lowest BCUT2D eigenvalue weighted by atomic mass is 9.96. The molecule has 0 saturated carbocycles. The summed E-state index contributed by atoms with van der Waals surface area (Å²) >= 11 is 0. The maximum absolute atomic E-state index is 13.0. The number of aryl methyl sites for hydroxylation is 2. The van der Waals surface area contributed by atoms with Gasteiger partial charge in [-0.3, -0.25) is 4.79 Å². The van der Waals surface area contributed by atoms with Crippen molar-refractivity contribution in [2.24, 2.45) is 5.92 Å². The number of piperidine rings is 1. The van der Waals surface area contributed by atoms with Crippen LogP contribution in [0.4, 0.5) is 11.5 Å². The van der Waals surface area contributed by atoms with Crippen LogP contribution in [0.2, 0.25) is 0 Å². The van der Waals surface area contributed by atoms with Gasteiger partial charge in [-0.1, -0.05) is 18.2 Å². The molecule has 31 heavy (non-hydrogen) atoms. The van der Waals surface area contributed by atoms with E-state index in [1.165, 1.54) is 0 Å². The van der Waals surface area contributed by atoms with Crippen LogP contribution in [0.15, 0.2) is 54.6 Å². The smallest absolute Gasteiger partial charge is 0.229 e. The molecule has 0 aliphatic carbocycles. The van der Waals surface area contributed by atoms with E-state index in [1.807, 2.05) is 68.4 Å². The van der Waals surface area contributed by atoms with Crippen LogP contribution in [0.5, 0.6) is 5.75 Å². The highest BCUT2D eigenvalue weighted by Crippen LogP contribution is 2.26. The Morgan fingerprint density at radius 2 is 1.77 bits per heavy atom. The minimum absolute atomic E-state index is 0.0733. The molecule has 1 atom stereocenters. The van der Waals surface area contributed by atoms with Crippen molar-refractivity contribution in [2.75, 3.05) is 30.4 Å². The Hall–Kier alpha value is -3.41. The molecule has 2 aromatic carbocycles. The van der Waals surface area contributed by atoms with E-state index in [0.717, 1.165) is 59.0 Å². The molecule has 1 aliphatic heterocycles. The van der Waals surface area contributed by atoms with Gasteiger partial charge in [0.15, 0.2) is 5.82 Å². The summed E-state index contributed by atoms with van der Waals surface area (Å²) in [4.78, 5) is 15.1. The van der Waals surface area contributed by atoms with Gasteiger partial charge in [-0.15, -0.1) is 10.2 Å². The number of carbonyl (C=O) groups excluding carboxylic acids is 1. The third-order valence-corrected chi connectivity index (χ3v) is 5.88. The first-order chi connectivity index (χ1) is 15.0. The summed E-state index contributed by atoms with van der Waals surface area (Å²) in [6.07, 6.45) is 1.83. The molecule has 1 saturated heterocycles. The van der Waals surface area contributed by atoms with Crippen molar-refractivity contribution in [3.63, 3.8) is 0 Å². The van der Waals surface area contributed by atoms with Crippen LogP contribution in [0.25, 0.3) is 11.3 Å². The molecule has 4 rings (SSSR count). The molecule has 0 radical (unpaired) electrons. The van der Waals surface area contributed by atoms with Crippen LogP contribution in [0.3, 0.4) is 0 Å². The predicted molar refractivity (Wildman–Crippen MR) is 124 cm³/mol. The van der Waals surface area contributed by atoms with Gasteiger partial charge >= 0.3 is 0 Å². The fourth-order valence-electron chi connectivity index (χ4n) is 4.05. The standard InChI is InChI=1S/C25H28N4O2/c1-17-6-4-7-18(2)24(17)26-25(30)20-8-5-15-29(16-20)23-14-13-22(27-28-23)19-9-11-21(31-3)12-10-19/h4,6-7,9-14,20H,5,8,15-16H2,1-3H3,(H,26,30). The first-order valence-electron chi connectivity index (χ1n) is 10.7. The van der Waals surface area contributed by atoms with Crippen LogP contribution < -0.4 is 15.0 Å². The monoisotopic (exact) mass is 416 g/mol. The molecule has 1 aromatic heterocycles. The second kappa shape index (κ2) is 9.16.